The molecule has 1 aliphatic rings. The predicted molar refractivity (Wildman–Crippen MR) is 111 cm³/mol. The number of halogens is 1. The van der Waals surface area contributed by atoms with Gasteiger partial charge >= 0.3 is 0 Å². The van der Waals surface area contributed by atoms with Gasteiger partial charge in [0.25, 0.3) is 5.91 Å². The Kier molecular flexibility index (Phi) is 5.79. The van der Waals surface area contributed by atoms with E-state index >= 15 is 0 Å². The van der Waals surface area contributed by atoms with Gasteiger partial charge in [-0.05, 0) is 61.7 Å². The average Bonchev–Trinajstić information content (AvgIpc) is 2.99. The van der Waals surface area contributed by atoms with Crippen molar-refractivity contribution < 1.29 is 13.9 Å². The van der Waals surface area contributed by atoms with Crippen LogP contribution in [0.4, 0.5) is 4.39 Å². The maximum absolute atomic E-state index is 13.4. The molecule has 1 atom stereocenters. The Morgan fingerprint density at radius 2 is 1.80 bits per heavy atom. The third-order valence-electron chi connectivity index (χ3n) is 5.55. The minimum absolute atomic E-state index is 0.0241. The van der Waals surface area contributed by atoms with Gasteiger partial charge in [-0.3, -0.25) is 4.79 Å². The minimum atomic E-state index is -0.320. The molecule has 1 fully saturated rings. The smallest absolute Gasteiger partial charge is 0.294 e. The van der Waals surface area contributed by atoms with E-state index in [4.69, 9.17) is 4.74 Å². The molecule has 0 bridgehead atoms. The van der Waals surface area contributed by atoms with Gasteiger partial charge in [-0.15, -0.1) is 5.10 Å². The maximum Gasteiger partial charge on any atom is 0.294 e. The molecule has 0 radical (unpaired) electrons. The lowest BCUT2D eigenvalue weighted by Crippen LogP contribution is -2.35. The summed E-state index contributed by atoms with van der Waals surface area (Å²) < 4.78 is 20.1. The summed E-state index contributed by atoms with van der Waals surface area (Å²) in [7, 11) is 1.64. The molecule has 0 N–H and O–H groups in total. The molecule has 6 nitrogen and oxygen atoms in total. The fraction of sp³-hybridized carbons (Fsp3) is 0.348. The molecular formula is C23H25FN4O2. The number of benzene rings is 2. The SMILES string of the molecule is COc1ccc([C@@H]2CCCCCN2C(=O)c2nc(C)n(-c3ccc(F)cc3)n2)cc1. The van der Waals surface area contributed by atoms with Gasteiger partial charge in [0, 0.05) is 6.54 Å². The highest BCUT2D eigenvalue weighted by atomic mass is 19.1. The van der Waals surface area contributed by atoms with Gasteiger partial charge in [0.15, 0.2) is 0 Å². The highest BCUT2D eigenvalue weighted by Gasteiger charge is 2.30. The molecule has 1 aromatic heterocycles. The van der Waals surface area contributed by atoms with Crippen LogP contribution >= 0.6 is 0 Å². The van der Waals surface area contributed by atoms with E-state index in [0.29, 0.717) is 18.1 Å². The number of hydrogen-bond donors (Lipinski definition) is 0. The normalized spacial score (nSPS) is 16.9. The van der Waals surface area contributed by atoms with Crippen molar-refractivity contribution in [2.45, 2.75) is 38.6 Å². The highest BCUT2D eigenvalue weighted by Crippen LogP contribution is 2.32. The Labute approximate surface area is 175 Å². The lowest BCUT2D eigenvalue weighted by Gasteiger charge is -2.29. The number of carbonyl (C=O) groups excluding carboxylic acids is 1. The van der Waals surface area contributed by atoms with Crippen LogP contribution in [0.2, 0.25) is 0 Å². The van der Waals surface area contributed by atoms with Crippen molar-refractivity contribution in [3.8, 4) is 11.4 Å². The van der Waals surface area contributed by atoms with E-state index in [1.807, 2.05) is 29.2 Å². The molecule has 3 aromatic rings. The predicted octanol–water partition coefficient (Wildman–Crippen LogP) is 4.48. The first-order chi connectivity index (χ1) is 14.6. The second-order valence-electron chi connectivity index (χ2n) is 7.51. The van der Waals surface area contributed by atoms with Crippen molar-refractivity contribution in [2.24, 2.45) is 0 Å². The van der Waals surface area contributed by atoms with Crippen LogP contribution in [0, 0.1) is 12.7 Å². The minimum Gasteiger partial charge on any atom is -0.497 e. The van der Waals surface area contributed by atoms with Crippen LogP contribution in [0.5, 0.6) is 5.75 Å². The van der Waals surface area contributed by atoms with Gasteiger partial charge in [0.1, 0.15) is 17.4 Å². The van der Waals surface area contributed by atoms with E-state index in [-0.39, 0.29) is 23.6 Å². The van der Waals surface area contributed by atoms with Crippen molar-refractivity contribution in [3.63, 3.8) is 0 Å². The van der Waals surface area contributed by atoms with Gasteiger partial charge in [0.2, 0.25) is 5.82 Å². The van der Waals surface area contributed by atoms with Crippen molar-refractivity contribution in [2.75, 3.05) is 13.7 Å². The lowest BCUT2D eigenvalue weighted by molar-refractivity contribution is 0.0668. The Bertz CT molecular complexity index is 1010. The zero-order valence-electron chi connectivity index (χ0n) is 17.2. The second kappa shape index (κ2) is 8.65. The summed E-state index contributed by atoms with van der Waals surface area (Å²) in [6.45, 7) is 2.45. The number of aryl methyl sites for hydroxylation is 1. The summed E-state index contributed by atoms with van der Waals surface area (Å²) in [5.74, 6) is 1.04. The van der Waals surface area contributed by atoms with Crippen molar-refractivity contribution in [1.29, 1.82) is 0 Å². The molecular weight excluding hydrogens is 383 g/mol. The fourth-order valence-electron chi connectivity index (χ4n) is 3.96. The first-order valence-electron chi connectivity index (χ1n) is 10.2. The van der Waals surface area contributed by atoms with Crippen LogP contribution in [0.3, 0.4) is 0 Å². The highest BCUT2D eigenvalue weighted by molar-refractivity contribution is 5.90. The molecule has 0 spiro atoms. The first kappa shape index (κ1) is 20.1. The van der Waals surface area contributed by atoms with Gasteiger partial charge in [-0.2, -0.15) is 0 Å². The zero-order chi connectivity index (χ0) is 21.1. The van der Waals surface area contributed by atoms with E-state index in [1.54, 1.807) is 30.8 Å². The van der Waals surface area contributed by atoms with Crippen LogP contribution in [-0.4, -0.2) is 39.2 Å². The number of methoxy groups -OCH3 is 1. The molecule has 7 heteroatoms. The second-order valence-corrected chi connectivity index (χ2v) is 7.51. The molecule has 0 unspecified atom stereocenters. The number of hydrogen-bond acceptors (Lipinski definition) is 4. The monoisotopic (exact) mass is 408 g/mol. The van der Waals surface area contributed by atoms with Crippen LogP contribution in [0.15, 0.2) is 48.5 Å². The number of rotatable bonds is 4. The van der Waals surface area contributed by atoms with Crippen molar-refractivity contribution in [1.82, 2.24) is 19.7 Å². The van der Waals surface area contributed by atoms with Crippen LogP contribution in [0.25, 0.3) is 5.69 Å². The molecule has 1 aliphatic heterocycles. The molecule has 4 rings (SSSR count). The van der Waals surface area contributed by atoms with Gasteiger partial charge < -0.3 is 9.64 Å². The maximum atomic E-state index is 13.4. The summed E-state index contributed by atoms with van der Waals surface area (Å²) >= 11 is 0. The topological polar surface area (TPSA) is 60.2 Å². The van der Waals surface area contributed by atoms with E-state index in [1.165, 1.54) is 12.1 Å². The number of ether oxygens (including phenoxy) is 1. The molecule has 1 amide bonds. The van der Waals surface area contributed by atoms with Crippen LogP contribution in [0.1, 0.15) is 53.7 Å². The van der Waals surface area contributed by atoms with E-state index < -0.39 is 0 Å². The van der Waals surface area contributed by atoms with E-state index in [2.05, 4.69) is 10.1 Å². The summed E-state index contributed by atoms with van der Waals surface area (Å²) in [4.78, 5) is 19.7. The van der Waals surface area contributed by atoms with Gasteiger partial charge in [0.05, 0.1) is 18.8 Å². The number of carbonyl (C=O) groups is 1. The Hall–Kier alpha value is -3.22. The molecule has 1 saturated heterocycles. The largest absolute Gasteiger partial charge is 0.497 e. The molecule has 0 saturated carbocycles. The summed E-state index contributed by atoms with van der Waals surface area (Å²) in [5, 5.41) is 4.44. The first-order valence-corrected chi connectivity index (χ1v) is 10.2. The molecule has 0 aliphatic carbocycles. The molecule has 2 aromatic carbocycles. The average molecular weight is 408 g/mol. The number of nitrogens with zero attached hydrogens (tertiary/aromatic N) is 4. The van der Waals surface area contributed by atoms with Gasteiger partial charge in [-0.1, -0.05) is 25.0 Å². The number of likely N-dealkylation sites (tertiary alicyclic amines) is 1. The van der Waals surface area contributed by atoms with E-state index in [9.17, 15) is 9.18 Å². The summed E-state index contributed by atoms with van der Waals surface area (Å²) in [6, 6.07) is 13.8. The summed E-state index contributed by atoms with van der Waals surface area (Å²) in [6.07, 6.45) is 4.01. The lowest BCUT2D eigenvalue weighted by atomic mass is 10.0. The van der Waals surface area contributed by atoms with E-state index in [0.717, 1.165) is 37.0 Å². The van der Waals surface area contributed by atoms with Crippen LogP contribution in [-0.2, 0) is 0 Å². The molecule has 2 heterocycles. The Morgan fingerprint density at radius 3 is 2.50 bits per heavy atom. The number of amides is 1. The fourth-order valence-corrected chi connectivity index (χ4v) is 3.96. The third-order valence-corrected chi connectivity index (χ3v) is 5.55. The van der Waals surface area contributed by atoms with Crippen LogP contribution < -0.4 is 4.74 Å². The summed E-state index contributed by atoms with van der Waals surface area (Å²) in [5.41, 5.74) is 1.75. The number of aromatic nitrogens is 3. The zero-order valence-corrected chi connectivity index (χ0v) is 17.2. The van der Waals surface area contributed by atoms with Crippen molar-refractivity contribution >= 4 is 5.91 Å². The Balaban J connectivity index is 1.64. The third kappa shape index (κ3) is 4.06. The standard InChI is InChI=1S/C23H25FN4O2/c1-16-25-22(26-28(16)19-11-9-18(24)10-12-19)23(29)27-15-5-3-4-6-21(27)17-7-13-20(30-2)14-8-17/h7-14,21H,3-6,15H2,1-2H3/t21-/m0/s1. The van der Waals surface area contributed by atoms with Gasteiger partial charge in [-0.25, -0.2) is 14.1 Å². The Morgan fingerprint density at radius 1 is 1.07 bits per heavy atom. The van der Waals surface area contributed by atoms with Crippen molar-refractivity contribution in [3.05, 3.63) is 71.6 Å². The molecule has 156 valence electrons. The molecule has 30 heavy (non-hydrogen) atoms. The quantitative estimate of drug-likeness (QED) is 0.639.